The van der Waals surface area contributed by atoms with Gasteiger partial charge in [-0.25, -0.2) is 0 Å². The Balaban J connectivity index is 2.04. The number of amides is 1. The molecule has 0 fully saturated rings. The number of nitrogens with zero attached hydrogens (tertiary/aromatic N) is 2. The number of aryl methyl sites for hydroxylation is 1. The third-order valence-electron chi connectivity index (χ3n) is 2.87. The molecule has 0 aliphatic rings. The molecule has 20 heavy (non-hydrogen) atoms. The molecule has 0 aromatic carbocycles. The standard InChI is InChI=1S/C15H16N2O2S/c1-16-7-3-6-14(16)15(19)17(2)10-12-9-13(20-11-12)5-4-8-18/h3,6-7,9,11,18H,8,10H2,1-2H3. The van der Waals surface area contributed by atoms with Crippen LogP contribution < -0.4 is 0 Å². The van der Waals surface area contributed by atoms with E-state index < -0.39 is 0 Å². The predicted octanol–water partition coefficient (Wildman–Crippen LogP) is 1.70. The first kappa shape index (κ1) is 14.4. The highest BCUT2D eigenvalue weighted by molar-refractivity contribution is 7.10. The first-order valence-electron chi connectivity index (χ1n) is 6.15. The van der Waals surface area contributed by atoms with Crippen LogP contribution in [0.25, 0.3) is 0 Å². The number of hydrogen-bond donors (Lipinski definition) is 1. The van der Waals surface area contributed by atoms with Gasteiger partial charge in [-0.1, -0.05) is 11.8 Å². The van der Waals surface area contributed by atoms with Crippen molar-refractivity contribution in [1.29, 1.82) is 0 Å². The summed E-state index contributed by atoms with van der Waals surface area (Å²) >= 11 is 1.52. The Morgan fingerprint density at radius 1 is 1.55 bits per heavy atom. The lowest BCUT2D eigenvalue weighted by molar-refractivity contribution is 0.0776. The number of aliphatic hydroxyl groups is 1. The second kappa shape index (κ2) is 6.42. The Morgan fingerprint density at radius 3 is 3.00 bits per heavy atom. The number of carbonyl (C=O) groups excluding carboxylic acids is 1. The van der Waals surface area contributed by atoms with E-state index in [1.54, 1.807) is 11.9 Å². The van der Waals surface area contributed by atoms with E-state index in [2.05, 4.69) is 11.8 Å². The zero-order chi connectivity index (χ0) is 14.5. The van der Waals surface area contributed by atoms with Gasteiger partial charge in [-0.3, -0.25) is 4.79 Å². The fourth-order valence-corrected chi connectivity index (χ4v) is 2.65. The first-order valence-corrected chi connectivity index (χ1v) is 7.03. The maximum atomic E-state index is 12.3. The van der Waals surface area contributed by atoms with Crippen LogP contribution in [0.1, 0.15) is 20.9 Å². The van der Waals surface area contributed by atoms with Crippen molar-refractivity contribution in [3.05, 3.63) is 45.9 Å². The van der Waals surface area contributed by atoms with E-state index in [9.17, 15) is 4.79 Å². The summed E-state index contributed by atoms with van der Waals surface area (Å²) in [7, 11) is 3.64. The maximum absolute atomic E-state index is 12.3. The van der Waals surface area contributed by atoms with Gasteiger partial charge in [-0.2, -0.15) is 0 Å². The highest BCUT2D eigenvalue weighted by Gasteiger charge is 2.14. The SMILES string of the molecule is CN(Cc1csc(C#CCO)c1)C(=O)c1cccn1C. The van der Waals surface area contributed by atoms with E-state index in [1.807, 2.05) is 41.4 Å². The van der Waals surface area contributed by atoms with Gasteiger partial charge in [0.25, 0.3) is 5.91 Å². The highest BCUT2D eigenvalue weighted by Crippen LogP contribution is 2.16. The van der Waals surface area contributed by atoms with Gasteiger partial charge in [0.05, 0.1) is 4.88 Å². The molecule has 0 spiro atoms. The fourth-order valence-electron chi connectivity index (χ4n) is 1.88. The number of carbonyl (C=O) groups is 1. The summed E-state index contributed by atoms with van der Waals surface area (Å²) in [6.07, 6.45) is 1.86. The van der Waals surface area contributed by atoms with Crippen molar-refractivity contribution in [2.24, 2.45) is 7.05 Å². The Labute approximate surface area is 122 Å². The Kier molecular flexibility index (Phi) is 4.61. The molecular weight excluding hydrogens is 272 g/mol. The molecule has 4 nitrogen and oxygen atoms in total. The van der Waals surface area contributed by atoms with Gasteiger partial charge in [0, 0.05) is 26.8 Å². The van der Waals surface area contributed by atoms with Gasteiger partial charge in [-0.15, -0.1) is 11.3 Å². The van der Waals surface area contributed by atoms with Crippen molar-refractivity contribution < 1.29 is 9.90 Å². The average Bonchev–Trinajstić information content (AvgIpc) is 3.04. The van der Waals surface area contributed by atoms with Crippen LogP contribution >= 0.6 is 11.3 Å². The molecule has 2 rings (SSSR count). The van der Waals surface area contributed by atoms with Crippen LogP contribution in [0.5, 0.6) is 0 Å². The van der Waals surface area contributed by atoms with Gasteiger partial charge in [0.2, 0.25) is 0 Å². The average molecular weight is 288 g/mol. The first-order chi connectivity index (χ1) is 9.61. The topological polar surface area (TPSA) is 45.5 Å². The maximum Gasteiger partial charge on any atom is 0.270 e. The number of aromatic nitrogens is 1. The van der Waals surface area contributed by atoms with Crippen molar-refractivity contribution >= 4 is 17.2 Å². The van der Waals surface area contributed by atoms with Crippen molar-refractivity contribution in [3.63, 3.8) is 0 Å². The molecule has 0 radical (unpaired) electrons. The second-order valence-electron chi connectivity index (χ2n) is 4.44. The number of hydrogen-bond acceptors (Lipinski definition) is 3. The Bertz CT molecular complexity index is 661. The lowest BCUT2D eigenvalue weighted by atomic mass is 10.2. The molecule has 2 aromatic rings. The molecule has 1 amide bonds. The van der Waals surface area contributed by atoms with Crippen LogP contribution in [-0.4, -0.2) is 34.1 Å². The summed E-state index contributed by atoms with van der Waals surface area (Å²) in [6.45, 7) is 0.403. The molecule has 0 aliphatic heterocycles. The molecule has 2 heterocycles. The predicted molar refractivity (Wildman–Crippen MR) is 79.5 cm³/mol. The minimum atomic E-state index is -0.140. The van der Waals surface area contributed by atoms with E-state index in [4.69, 9.17) is 5.11 Å². The number of aliphatic hydroxyl groups excluding tert-OH is 1. The smallest absolute Gasteiger partial charge is 0.270 e. The van der Waals surface area contributed by atoms with E-state index in [0.29, 0.717) is 12.2 Å². The quantitative estimate of drug-likeness (QED) is 0.874. The molecule has 0 saturated heterocycles. The summed E-state index contributed by atoms with van der Waals surface area (Å²) in [6, 6.07) is 5.61. The minimum absolute atomic E-state index is 0.00769. The van der Waals surface area contributed by atoms with Gasteiger partial charge in [-0.05, 0) is 29.1 Å². The monoisotopic (exact) mass is 288 g/mol. The lowest BCUT2D eigenvalue weighted by Crippen LogP contribution is -2.27. The largest absolute Gasteiger partial charge is 0.384 e. The summed E-state index contributed by atoms with van der Waals surface area (Å²) in [5, 5.41) is 10.6. The highest BCUT2D eigenvalue weighted by atomic mass is 32.1. The van der Waals surface area contributed by atoms with Crippen LogP contribution in [0.2, 0.25) is 0 Å². The van der Waals surface area contributed by atoms with Gasteiger partial charge < -0.3 is 14.6 Å². The van der Waals surface area contributed by atoms with Crippen molar-refractivity contribution in [1.82, 2.24) is 9.47 Å². The molecular formula is C15H16N2O2S. The molecule has 5 heteroatoms. The van der Waals surface area contributed by atoms with E-state index >= 15 is 0 Å². The van der Waals surface area contributed by atoms with E-state index in [1.165, 1.54) is 11.3 Å². The van der Waals surface area contributed by atoms with Gasteiger partial charge >= 0.3 is 0 Å². The number of thiophene rings is 1. The zero-order valence-corrected chi connectivity index (χ0v) is 12.3. The summed E-state index contributed by atoms with van der Waals surface area (Å²) in [5.41, 5.74) is 1.71. The van der Waals surface area contributed by atoms with Crippen molar-refractivity contribution in [2.75, 3.05) is 13.7 Å². The van der Waals surface area contributed by atoms with Crippen LogP contribution in [0.4, 0.5) is 0 Å². The molecule has 0 atom stereocenters. The Morgan fingerprint density at radius 2 is 2.35 bits per heavy atom. The molecule has 0 bridgehead atoms. The van der Waals surface area contributed by atoms with E-state index in [0.717, 1.165) is 10.4 Å². The summed E-state index contributed by atoms with van der Waals surface area (Å²) in [5.74, 6) is 5.47. The fraction of sp³-hybridized carbons (Fsp3) is 0.267. The molecule has 0 aliphatic carbocycles. The van der Waals surface area contributed by atoms with Crippen LogP contribution in [-0.2, 0) is 13.6 Å². The van der Waals surface area contributed by atoms with Gasteiger partial charge in [0.15, 0.2) is 0 Å². The molecule has 0 saturated carbocycles. The number of rotatable bonds is 3. The van der Waals surface area contributed by atoms with Gasteiger partial charge in [0.1, 0.15) is 12.3 Å². The second-order valence-corrected chi connectivity index (χ2v) is 5.36. The third kappa shape index (κ3) is 3.29. The summed E-state index contributed by atoms with van der Waals surface area (Å²) < 4.78 is 1.81. The van der Waals surface area contributed by atoms with Crippen LogP contribution in [0, 0.1) is 11.8 Å². The third-order valence-corrected chi connectivity index (χ3v) is 3.77. The van der Waals surface area contributed by atoms with Crippen LogP contribution in [0.15, 0.2) is 29.8 Å². The molecule has 1 N–H and O–H groups in total. The molecule has 2 aromatic heterocycles. The Hall–Kier alpha value is -2.03. The summed E-state index contributed by atoms with van der Waals surface area (Å²) in [4.78, 5) is 14.8. The minimum Gasteiger partial charge on any atom is -0.384 e. The van der Waals surface area contributed by atoms with Crippen LogP contribution in [0.3, 0.4) is 0 Å². The molecule has 104 valence electrons. The zero-order valence-electron chi connectivity index (χ0n) is 11.5. The lowest BCUT2D eigenvalue weighted by Gasteiger charge is -2.16. The normalized spacial score (nSPS) is 9.95. The molecule has 0 unspecified atom stereocenters. The van der Waals surface area contributed by atoms with E-state index in [-0.39, 0.29) is 12.5 Å². The van der Waals surface area contributed by atoms with Crippen molar-refractivity contribution in [3.8, 4) is 11.8 Å². The van der Waals surface area contributed by atoms with Crippen molar-refractivity contribution in [2.45, 2.75) is 6.54 Å².